The minimum absolute atomic E-state index is 0.223. The third kappa shape index (κ3) is 2.52. The van der Waals surface area contributed by atoms with E-state index in [1.54, 1.807) is 4.68 Å². The van der Waals surface area contributed by atoms with Gasteiger partial charge in [0.25, 0.3) is 0 Å². The van der Waals surface area contributed by atoms with Crippen molar-refractivity contribution < 1.29 is 0 Å². The summed E-state index contributed by atoms with van der Waals surface area (Å²) in [5.41, 5.74) is 3.24. The van der Waals surface area contributed by atoms with Gasteiger partial charge in [-0.05, 0) is 14.0 Å². The predicted molar refractivity (Wildman–Crippen MR) is 64.5 cm³/mol. The third-order valence-electron chi connectivity index (χ3n) is 2.84. The van der Waals surface area contributed by atoms with Crippen molar-refractivity contribution in [3.8, 4) is 0 Å². The van der Waals surface area contributed by atoms with Crippen LogP contribution in [0.2, 0.25) is 0 Å². The van der Waals surface area contributed by atoms with E-state index in [4.69, 9.17) is 0 Å². The minimum Gasteiger partial charge on any atom is -0.313 e. The lowest BCUT2D eigenvalue weighted by molar-refractivity contribution is 0.580. The molecule has 0 aliphatic heterocycles. The highest BCUT2D eigenvalue weighted by molar-refractivity contribution is 5.21. The predicted octanol–water partition coefficient (Wildman–Crippen LogP) is 0.360. The summed E-state index contributed by atoms with van der Waals surface area (Å²) in [7, 11) is 5.76. The number of hydrogen-bond acceptors (Lipinski definition) is 4. The van der Waals surface area contributed by atoms with Crippen LogP contribution in [0.5, 0.6) is 0 Å². The maximum absolute atomic E-state index is 4.36. The molecule has 2 aromatic rings. The molecular formula is C11H18N6. The lowest BCUT2D eigenvalue weighted by Gasteiger charge is -2.13. The Labute approximate surface area is 101 Å². The molecular weight excluding hydrogens is 216 g/mol. The Morgan fingerprint density at radius 3 is 2.53 bits per heavy atom. The molecule has 2 rings (SSSR count). The highest BCUT2D eigenvalue weighted by atomic mass is 15.4. The van der Waals surface area contributed by atoms with Gasteiger partial charge in [-0.25, -0.2) is 0 Å². The summed E-state index contributed by atoms with van der Waals surface area (Å²) in [6, 6.07) is 0.223. The summed E-state index contributed by atoms with van der Waals surface area (Å²) >= 11 is 0. The van der Waals surface area contributed by atoms with Crippen molar-refractivity contribution >= 4 is 0 Å². The van der Waals surface area contributed by atoms with Crippen LogP contribution in [0.25, 0.3) is 0 Å². The summed E-state index contributed by atoms with van der Waals surface area (Å²) < 4.78 is 3.56. The van der Waals surface area contributed by atoms with E-state index in [2.05, 4.69) is 20.7 Å². The molecule has 0 amide bonds. The Morgan fingerprint density at radius 1 is 1.29 bits per heavy atom. The molecule has 0 saturated carbocycles. The zero-order valence-corrected chi connectivity index (χ0v) is 10.7. The zero-order valence-electron chi connectivity index (χ0n) is 10.7. The number of hydrogen-bond donors (Lipinski definition) is 1. The highest BCUT2D eigenvalue weighted by Crippen LogP contribution is 2.19. The van der Waals surface area contributed by atoms with Gasteiger partial charge in [-0.3, -0.25) is 9.36 Å². The van der Waals surface area contributed by atoms with E-state index in [0.717, 1.165) is 17.8 Å². The number of likely N-dealkylation sites (N-methyl/N-ethyl adjacent to an activating group) is 1. The van der Waals surface area contributed by atoms with Gasteiger partial charge in [0, 0.05) is 44.5 Å². The van der Waals surface area contributed by atoms with Crippen LogP contribution >= 0.6 is 0 Å². The number of aromatic nitrogens is 5. The number of nitrogens with zero attached hydrogens (tertiary/aromatic N) is 5. The number of rotatable bonds is 4. The molecule has 1 atom stereocenters. The van der Waals surface area contributed by atoms with Gasteiger partial charge in [0.1, 0.15) is 0 Å². The van der Waals surface area contributed by atoms with Crippen molar-refractivity contribution in [3.63, 3.8) is 0 Å². The Morgan fingerprint density at radius 2 is 2.06 bits per heavy atom. The number of aryl methyl sites for hydroxylation is 3. The molecule has 0 aliphatic carbocycles. The molecule has 17 heavy (non-hydrogen) atoms. The molecule has 6 nitrogen and oxygen atoms in total. The Balaban J connectivity index is 2.19. The van der Waals surface area contributed by atoms with Gasteiger partial charge in [0.15, 0.2) is 0 Å². The molecule has 0 radical (unpaired) electrons. The monoisotopic (exact) mass is 234 g/mol. The van der Waals surface area contributed by atoms with Gasteiger partial charge in [0.05, 0.1) is 11.4 Å². The summed E-state index contributed by atoms with van der Waals surface area (Å²) in [6.45, 7) is 2.02. The highest BCUT2D eigenvalue weighted by Gasteiger charge is 2.16. The first-order chi connectivity index (χ1) is 8.10. The molecule has 0 saturated heterocycles. The zero-order chi connectivity index (χ0) is 12.4. The van der Waals surface area contributed by atoms with Crippen molar-refractivity contribution in [1.82, 2.24) is 30.1 Å². The second-order valence-electron chi connectivity index (χ2n) is 4.27. The van der Waals surface area contributed by atoms with Crippen molar-refractivity contribution in [1.29, 1.82) is 0 Å². The minimum atomic E-state index is 0.223. The lowest BCUT2D eigenvalue weighted by Crippen LogP contribution is -2.19. The Bertz CT molecular complexity index is 498. The van der Waals surface area contributed by atoms with Crippen molar-refractivity contribution in [2.45, 2.75) is 19.4 Å². The summed E-state index contributed by atoms with van der Waals surface area (Å²) in [5, 5.41) is 15.7. The van der Waals surface area contributed by atoms with E-state index in [1.807, 2.05) is 45.1 Å². The molecule has 0 aliphatic rings. The quantitative estimate of drug-likeness (QED) is 0.830. The summed E-state index contributed by atoms with van der Waals surface area (Å²) in [5.74, 6) is 0. The van der Waals surface area contributed by atoms with Crippen LogP contribution in [-0.4, -0.2) is 31.8 Å². The van der Waals surface area contributed by atoms with Gasteiger partial charge < -0.3 is 5.32 Å². The SMILES string of the molecule is CNC(Cc1cn(C)nn1)c1cn(C)nc1C. The van der Waals surface area contributed by atoms with Gasteiger partial charge in [-0.2, -0.15) is 5.10 Å². The summed E-state index contributed by atoms with van der Waals surface area (Å²) in [6.07, 6.45) is 4.81. The van der Waals surface area contributed by atoms with Crippen LogP contribution in [0.3, 0.4) is 0 Å². The van der Waals surface area contributed by atoms with E-state index in [-0.39, 0.29) is 6.04 Å². The van der Waals surface area contributed by atoms with Crippen molar-refractivity contribution in [2.24, 2.45) is 14.1 Å². The molecule has 0 fully saturated rings. The molecule has 1 unspecified atom stereocenters. The van der Waals surface area contributed by atoms with E-state index in [0.29, 0.717) is 0 Å². The maximum atomic E-state index is 4.36. The van der Waals surface area contributed by atoms with Gasteiger partial charge in [-0.15, -0.1) is 5.10 Å². The lowest BCUT2D eigenvalue weighted by atomic mass is 10.0. The molecule has 0 bridgehead atoms. The molecule has 92 valence electrons. The van der Waals surface area contributed by atoms with Crippen LogP contribution in [0.4, 0.5) is 0 Å². The Kier molecular flexibility index (Phi) is 3.23. The fraction of sp³-hybridized carbons (Fsp3) is 0.545. The average Bonchev–Trinajstić information content (AvgIpc) is 2.82. The van der Waals surface area contributed by atoms with E-state index in [1.165, 1.54) is 5.56 Å². The first-order valence-electron chi connectivity index (χ1n) is 5.62. The largest absolute Gasteiger partial charge is 0.313 e. The van der Waals surface area contributed by atoms with Crippen LogP contribution in [0.15, 0.2) is 12.4 Å². The first kappa shape index (κ1) is 11.8. The van der Waals surface area contributed by atoms with Crippen LogP contribution in [-0.2, 0) is 20.5 Å². The fourth-order valence-corrected chi connectivity index (χ4v) is 2.03. The second-order valence-corrected chi connectivity index (χ2v) is 4.27. The topological polar surface area (TPSA) is 60.6 Å². The van der Waals surface area contributed by atoms with Gasteiger partial charge >= 0.3 is 0 Å². The number of nitrogens with one attached hydrogen (secondary N) is 1. The van der Waals surface area contributed by atoms with E-state index in [9.17, 15) is 0 Å². The van der Waals surface area contributed by atoms with Crippen LogP contribution < -0.4 is 5.32 Å². The van der Waals surface area contributed by atoms with Crippen LogP contribution in [0.1, 0.15) is 23.0 Å². The standard InChI is InChI=1S/C11H18N6/c1-8-10(7-16(3)14-8)11(12-2)5-9-6-17(4)15-13-9/h6-7,11-12H,5H2,1-4H3. The summed E-state index contributed by atoms with van der Waals surface area (Å²) in [4.78, 5) is 0. The normalized spacial score (nSPS) is 12.9. The average molecular weight is 234 g/mol. The molecule has 6 heteroatoms. The fourth-order valence-electron chi connectivity index (χ4n) is 2.03. The van der Waals surface area contributed by atoms with Gasteiger partial charge in [0.2, 0.25) is 0 Å². The smallest absolute Gasteiger partial charge is 0.0845 e. The molecule has 0 aromatic carbocycles. The second kappa shape index (κ2) is 4.67. The first-order valence-corrected chi connectivity index (χ1v) is 5.62. The molecule has 2 heterocycles. The molecule has 2 aromatic heterocycles. The van der Waals surface area contributed by atoms with Gasteiger partial charge in [-0.1, -0.05) is 5.21 Å². The maximum Gasteiger partial charge on any atom is 0.0845 e. The third-order valence-corrected chi connectivity index (χ3v) is 2.84. The van der Waals surface area contributed by atoms with E-state index < -0.39 is 0 Å². The van der Waals surface area contributed by atoms with Crippen molar-refractivity contribution in [3.05, 3.63) is 29.3 Å². The van der Waals surface area contributed by atoms with E-state index >= 15 is 0 Å². The molecule has 1 N–H and O–H groups in total. The Hall–Kier alpha value is -1.69. The van der Waals surface area contributed by atoms with Crippen LogP contribution in [0, 0.1) is 6.92 Å². The molecule has 0 spiro atoms. The van der Waals surface area contributed by atoms with Crippen molar-refractivity contribution in [2.75, 3.05) is 7.05 Å².